The quantitative estimate of drug-likeness (QED) is 0.812. The standard InChI is InChI=1S/C14H19NO/c1-4-6-10-9-15-13-11(10)7-5-8-12(13)14(2,3)16/h5,7-9,15-16H,4,6H2,1-3H3. The molecule has 0 atom stereocenters. The number of rotatable bonds is 3. The number of fused-ring (bicyclic) bond motifs is 1. The highest BCUT2D eigenvalue weighted by atomic mass is 16.3. The van der Waals surface area contributed by atoms with Gasteiger partial charge >= 0.3 is 0 Å². The summed E-state index contributed by atoms with van der Waals surface area (Å²) in [5, 5.41) is 11.3. The molecule has 0 bridgehead atoms. The minimum absolute atomic E-state index is 0.798. The van der Waals surface area contributed by atoms with Crippen LogP contribution in [-0.2, 0) is 12.0 Å². The molecule has 0 saturated heterocycles. The fraction of sp³-hybridized carbons (Fsp3) is 0.429. The van der Waals surface area contributed by atoms with E-state index in [1.807, 2.05) is 26.0 Å². The zero-order valence-electron chi connectivity index (χ0n) is 10.2. The number of aromatic amines is 1. The molecule has 2 heteroatoms. The maximum absolute atomic E-state index is 10.1. The van der Waals surface area contributed by atoms with E-state index in [1.165, 1.54) is 10.9 Å². The van der Waals surface area contributed by atoms with Crippen LogP contribution in [0.25, 0.3) is 10.9 Å². The molecule has 0 radical (unpaired) electrons. The van der Waals surface area contributed by atoms with Crippen molar-refractivity contribution in [3.8, 4) is 0 Å². The van der Waals surface area contributed by atoms with E-state index in [2.05, 4.69) is 24.2 Å². The van der Waals surface area contributed by atoms with Crippen LogP contribution in [0.4, 0.5) is 0 Å². The highest BCUT2D eigenvalue weighted by molar-refractivity contribution is 5.86. The van der Waals surface area contributed by atoms with Crippen LogP contribution >= 0.6 is 0 Å². The highest BCUT2D eigenvalue weighted by Gasteiger charge is 2.20. The van der Waals surface area contributed by atoms with Gasteiger partial charge in [-0.2, -0.15) is 0 Å². The molecule has 0 aliphatic heterocycles. The summed E-state index contributed by atoms with van der Waals surface area (Å²) in [6.45, 7) is 5.82. The van der Waals surface area contributed by atoms with E-state index in [9.17, 15) is 5.11 Å². The minimum atomic E-state index is -0.798. The van der Waals surface area contributed by atoms with Crippen LogP contribution in [0.15, 0.2) is 24.4 Å². The zero-order chi connectivity index (χ0) is 11.8. The maximum Gasteiger partial charge on any atom is 0.0860 e. The molecule has 86 valence electrons. The lowest BCUT2D eigenvalue weighted by molar-refractivity contribution is 0.0800. The minimum Gasteiger partial charge on any atom is -0.386 e. The van der Waals surface area contributed by atoms with Crippen molar-refractivity contribution in [2.45, 2.75) is 39.2 Å². The SMILES string of the molecule is CCCc1c[nH]c2c(C(C)(C)O)cccc12. The van der Waals surface area contributed by atoms with Crippen molar-refractivity contribution in [2.75, 3.05) is 0 Å². The van der Waals surface area contributed by atoms with Gasteiger partial charge in [-0.05, 0) is 25.8 Å². The van der Waals surface area contributed by atoms with Gasteiger partial charge in [-0.25, -0.2) is 0 Å². The molecule has 2 rings (SSSR count). The molecule has 0 fully saturated rings. The van der Waals surface area contributed by atoms with Gasteiger partial charge in [0.15, 0.2) is 0 Å². The Morgan fingerprint density at radius 2 is 2.06 bits per heavy atom. The van der Waals surface area contributed by atoms with Gasteiger partial charge in [0.1, 0.15) is 0 Å². The van der Waals surface area contributed by atoms with Crippen LogP contribution in [0.1, 0.15) is 38.3 Å². The molecule has 16 heavy (non-hydrogen) atoms. The summed E-state index contributed by atoms with van der Waals surface area (Å²) in [4.78, 5) is 3.29. The third-order valence-electron chi connectivity index (χ3n) is 2.98. The molecule has 0 saturated carbocycles. The van der Waals surface area contributed by atoms with Gasteiger partial charge in [0, 0.05) is 17.1 Å². The Labute approximate surface area is 96.3 Å². The van der Waals surface area contributed by atoms with Crippen molar-refractivity contribution in [2.24, 2.45) is 0 Å². The van der Waals surface area contributed by atoms with Gasteiger partial charge in [0.25, 0.3) is 0 Å². The molecule has 2 N–H and O–H groups in total. The topological polar surface area (TPSA) is 36.0 Å². The second-order valence-corrected chi connectivity index (χ2v) is 4.85. The number of benzene rings is 1. The molecule has 1 aromatic carbocycles. The van der Waals surface area contributed by atoms with Crippen LogP contribution in [-0.4, -0.2) is 10.1 Å². The van der Waals surface area contributed by atoms with Gasteiger partial charge < -0.3 is 10.1 Å². The molecule has 0 unspecified atom stereocenters. The number of nitrogens with one attached hydrogen (secondary N) is 1. The molecule has 1 heterocycles. The Bertz CT molecular complexity index is 491. The van der Waals surface area contributed by atoms with Gasteiger partial charge in [-0.1, -0.05) is 31.5 Å². The average Bonchev–Trinajstić information content (AvgIpc) is 2.61. The fourth-order valence-electron chi connectivity index (χ4n) is 2.20. The second kappa shape index (κ2) is 3.95. The summed E-state index contributed by atoms with van der Waals surface area (Å²) in [7, 11) is 0. The second-order valence-electron chi connectivity index (χ2n) is 4.85. The van der Waals surface area contributed by atoms with E-state index < -0.39 is 5.60 Å². The maximum atomic E-state index is 10.1. The molecule has 1 aromatic heterocycles. The van der Waals surface area contributed by atoms with Gasteiger partial charge in [0.2, 0.25) is 0 Å². The first kappa shape index (κ1) is 11.2. The molecular formula is C14H19NO. The lowest BCUT2D eigenvalue weighted by Gasteiger charge is -2.18. The van der Waals surface area contributed by atoms with Crippen molar-refractivity contribution >= 4 is 10.9 Å². The number of H-pyrrole nitrogens is 1. The Hall–Kier alpha value is -1.28. The third-order valence-corrected chi connectivity index (χ3v) is 2.98. The molecule has 0 aliphatic carbocycles. The molecule has 2 nitrogen and oxygen atoms in total. The first-order valence-corrected chi connectivity index (χ1v) is 5.86. The summed E-state index contributed by atoms with van der Waals surface area (Å²) in [5.41, 5.74) is 2.57. The van der Waals surface area contributed by atoms with Crippen molar-refractivity contribution in [3.05, 3.63) is 35.5 Å². The number of hydrogen-bond acceptors (Lipinski definition) is 1. The highest BCUT2D eigenvalue weighted by Crippen LogP contribution is 2.29. The Balaban J connectivity index is 2.62. The fourth-order valence-corrected chi connectivity index (χ4v) is 2.20. The lowest BCUT2D eigenvalue weighted by Crippen LogP contribution is -2.15. The smallest absolute Gasteiger partial charge is 0.0860 e. The zero-order valence-corrected chi connectivity index (χ0v) is 10.2. The van der Waals surface area contributed by atoms with Gasteiger partial charge in [0.05, 0.1) is 11.1 Å². The van der Waals surface area contributed by atoms with E-state index in [0.717, 1.165) is 23.9 Å². The monoisotopic (exact) mass is 217 g/mol. The van der Waals surface area contributed by atoms with Crippen LogP contribution in [0.2, 0.25) is 0 Å². The lowest BCUT2D eigenvalue weighted by atomic mass is 9.95. The number of aliphatic hydroxyl groups is 1. The average molecular weight is 217 g/mol. The van der Waals surface area contributed by atoms with Crippen LogP contribution < -0.4 is 0 Å². The summed E-state index contributed by atoms with van der Waals surface area (Å²) < 4.78 is 0. The summed E-state index contributed by atoms with van der Waals surface area (Å²) in [6, 6.07) is 6.11. The van der Waals surface area contributed by atoms with Crippen molar-refractivity contribution in [3.63, 3.8) is 0 Å². The summed E-state index contributed by atoms with van der Waals surface area (Å²) >= 11 is 0. The molecule has 0 spiro atoms. The largest absolute Gasteiger partial charge is 0.386 e. The molecular weight excluding hydrogens is 198 g/mol. The summed E-state index contributed by atoms with van der Waals surface area (Å²) in [5.74, 6) is 0. The van der Waals surface area contributed by atoms with E-state index in [0.29, 0.717) is 0 Å². The Morgan fingerprint density at radius 3 is 2.69 bits per heavy atom. The normalized spacial score (nSPS) is 12.2. The predicted octanol–water partition coefficient (Wildman–Crippen LogP) is 3.35. The Morgan fingerprint density at radius 1 is 1.31 bits per heavy atom. The summed E-state index contributed by atoms with van der Waals surface area (Å²) in [6.07, 6.45) is 4.28. The van der Waals surface area contributed by atoms with Crippen LogP contribution in [0.3, 0.4) is 0 Å². The van der Waals surface area contributed by atoms with E-state index in [1.54, 1.807) is 0 Å². The molecule has 0 amide bonds. The van der Waals surface area contributed by atoms with Crippen molar-refractivity contribution in [1.82, 2.24) is 4.98 Å². The van der Waals surface area contributed by atoms with Crippen LogP contribution in [0.5, 0.6) is 0 Å². The van der Waals surface area contributed by atoms with Crippen molar-refractivity contribution in [1.29, 1.82) is 0 Å². The third kappa shape index (κ3) is 1.85. The van der Waals surface area contributed by atoms with E-state index >= 15 is 0 Å². The Kier molecular flexibility index (Phi) is 2.76. The predicted molar refractivity (Wildman–Crippen MR) is 67.5 cm³/mol. The van der Waals surface area contributed by atoms with Gasteiger partial charge in [-0.3, -0.25) is 0 Å². The van der Waals surface area contributed by atoms with Crippen LogP contribution in [0, 0.1) is 0 Å². The number of aryl methyl sites for hydroxylation is 1. The first-order valence-electron chi connectivity index (χ1n) is 5.86. The molecule has 2 aromatic rings. The van der Waals surface area contributed by atoms with E-state index in [-0.39, 0.29) is 0 Å². The van der Waals surface area contributed by atoms with Gasteiger partial charge in [-0.15, -0.1) is 0 Å². The van der Waals surface area contributed by atoms with E-state index in [4.69, 9.17) is 0 Å². The number of para-hydroxylation sites is 1. The number of hydrogen-bond donors (Lipinski definition) is 2. The van der Waals surface area contributed by atoms with Crippen molar-refractivity contribution < 1.29 is 5.11 Å². The molecule has 0 aliphatic rings. The first-order chi connectivity index (χ1) is 7.54. The number of aromatic nitrogens is 1.